The monoisotopic (exact) mass is 324 g/mol. The third-order valence-corrected chi connectivity index (χ3v) is 4.04. The van der Waals surface area contributed by atoms with Gasteiger partial charge in [0.1, 0.15) is 0 Å². The molecule has 1 nitrogen and oxygen atoms in total. The predicted molar refractivity (Wildman–Crippen MR) is 79.9 cm³/mol. The van der Waals surface area contributed by atoms with Gasteiger partial charge in [0.25, 0.3) is 0 Å². The van der Waals surface area contributed by atoms with Crippen molar-refractivity contribution in [1.82, 2.24) is 0 Å². The van der Waals surface area contributed by atoms with Crippen molar-refractivity contribution in [1.29, 1.82) is 0 Å². The largest absolute Gasteiger partial charge is 0.748 e. The Morgan fingerprint density at radius 2 is 1.35 bits per heavy atom. The van der Waals surface area contributed by atoms with E-state index in [2.05, 4.69) is 0 Å². The van der Waals surface area contributed by atoms with Gasteiger partial charge in [-0.05, 0) is 19.1 Å². The minimum atomic E-state index is -1.02. The summed E-state index contributed by atoms with van der Waals surface area (Å²) in [6.45, 7) is 2.02. The molecule has 3 heteroatoms. The smallest absolute Gasteiger partial charge is 0.0313 e. The van der Waals surface area contributed by atoms with Gasteiger partial charge in [0.05, 0.1) is 0 Å². The molecule has 0 spiro atoms. The number of aryl methyl sites for hydroxylation is 1. The summed E-state index contributed by atoms with van der Waals surface area (Å²) in [6.07, 6.45) is 0. The summed E-state index contributed by atoms with van der Waals surface area (Å²) >= 11 is 0. The third-order valence-electron chi connectivity index (χ3n) is 2.64. The van der Waals surface area contributed by atoms with E-state index in [1.54, 1.807) is 0 Å². The van der Waals surface area contributed by atoms with Crippen LogP contribution in [0.5, 0.6) is 0 Å². The molecule has 0 aliphatic carbocycles. The minimum absolute atomic E-state index is 0. The van der Waals surface area contributed by atoms with Crippen molar-refractivity contribution in [2.75, 3.05) is 0 Å². The molecule has 0 amide bonds. The topological polar surface area (TPSA) is 17.1 Å². The Hall–Kier alpha value is -1.41. The third kappa shape index (κ3) is 4.93. The van der Waals surface area contributed by atoms with Gasteiger partial charge in [-0.3, -0.25) is 4.21 Å². The maximum absolute atomic E-state index is 11.9. The number of hydrogen-bond acceptors (Lipinski definition) is 1. The molecule has 0 aliphatic rings. The van der Waals surface area contributed by atoms with E-state index in [9.17, 15) is 4.21 Å². The van der Waals surface area contributed by atoms with Crippen molar-refractivity contribution < 1.29 is 21.3 Å². The molecule has 1 atom stereocenters. The Morgan fingerprint density at radius 3 is 1.80 bits per heavy atom. The van der Waals surface area contributed by atoms with Crippen molar-refractivity contribution in [3.05, 3.63) is 84.4 Å². The molecule has 0 N–H and O–H groups in total. The Morgan fingerprint density at radius 1 is 0.900 bits per heavy atom. The molecule has 0 saturated carbocycles. The molecule has 0 saturated heterocycles. The van der Waals surface area contributed by atoms with Crippen LogP contribution in [0.3, 0.4) is 0 Å². The Bertz CT molecular complexity index is 578. The van der Waals surface area contributed by atoms with Crippen LogP contribution in [0.25, 0.3) is 0 Å². The Labute approximate surface area is 133 Å². The van der Waals surface area contributed by atoms with Gasteiger partial charge in [-0.1, -0.05) is 22.6 Å². The van der Waals surface area contributed by atoms with E-state index in [4.69, 9.17) is 0 Å². The van der Waals surface area contributed by atoms with Crippen LogP contribution in [0.1, 0.15) is 5.56 Å². The average Bonchev–Trinajstić information content (AvgIpc) is 3.15. The summed E-state index contributed by atoms with van der Waals surface area (Å²) in [5.41, 5.74) is 1.19. The van der Waals surface area contributed by atoms with Crippen LogP contribution in [0.2, 0.25) is 0 Å². The quantitative estimate of drug-likeness (QED) is 0.508. The second-order valence-electron chi connectivity index (χ2n) is 4.16. The van der Waals surface area contributed by atoms with E-state index >= 15 is 0 Å². The SMILES string of the molecule is Cc1ccc([S@](=O)[c-]2cccc2)cc1.[Fe].[cH-]1[cH-][cH-][cH-][cH-]1. The molecule has 3 aromatic carbocycles. The van der Waals surface area contributed by atoms with Crippen LogP contribution in [-0.4, -0.2) is 4.21 Å². The summed E-state index contributed by atoms with van der Waals surface area (Å²) in [5.74, 6) is 0. The van der Waals surface area contributed by atoms with Gasteiger partial charge < -0.3 is 30.3 Å². The summed E-state index contributed by atoms with van der Waals surface area (Å²) < 4.78 is 11.9. The summed E-state index contributed by atoms with van der Waals surface area (Å²) in [7, 11) is -1.02. The van der Waals surface area contributed by atoms with Crippen LogP contribution in [0.15, 0.2) is 88.7 Å². The first-order valence-corrected chi connectivity index (χ1v) is 7.29. The fourth-order valence-corrected chi connectivity index (χ4v) is 2.66. The summed E-state index contributed by atoms with van der Waals surface area (Å²) in [5, 5.41) is 0. The van der Waals surface area contributed by atoms with Gasteiger partial charge in [0.2, 0.25) is 0 Å². The van der Waals surface area contributed by atoms with Gasteiger partial charge in [0.15, 0.2) is 0 Å². The molecule has 0 fully saturated rings. The average molecular weight is 324 g/mol. The van der Waals surface area contributed by atoms with E-state index in [0.717, 1.165) is 9.79 Å². The number of rotatable bonds is 2. The zero-order valence-corrected chi connectivity index (χ0v) is 13.1. The van der Waals surface area contributed by atoms with Crippen molar-refractivity contribution in [3.63, 3.8) is 0 Å². The first-order valence-electron chi connectivity index (χ1n) is 6.14. The van der Waals surface area contributed by atoms with E-state index in [1.165, 1.54) is 5.56 Å². The molecule has 0 heterocycles. The Balaban J connectivity index is 0.000000283. The number of hydrogen-bond donors (Lipinski definition) is 0. The van der Waals surface area contributed by atoms with Crippen LogP contribution >= 0.6 is 0 Å². The van der Waals surface area contributed by atoms with E-state index in [-0.39, 0.29) is 17.1 Å². The number of benzene rings is 1. The molecule has 0 bridgehead atoms. The van der Waals surface area contributed by atoms with Gasteiger partial charge in [0, 0.05) is 32.8 Å². The Kier molecular flexibility index (Phi) is 7.24. The second-order valence-corrected chi connectivity index (χ2v) is 5.64. The van der Waals surface area contributed by atoms with Crippen LogP contribution < -0.4 is 0 Å². The van der Waals surface area contributed by atoms with Gasteiger partial charge in [-0.2, -0.15) is 12.1 Å². The maximum atomic E-state index is 11.9. The van der Waals surface area contributed by atoms with Gasteiger partial charge >= 0.3 is 0 Å². The predicted octanol–water partition coefficient (Wildman–Crippen LogP) is 4.28. The molecular weight excluding hydrogens is 308 g/mol. The van der Waals surface area contributed by atoms with Crippen molar-refractivity contribution in [2.24, 2.45) is 0 Å². The van der Waals surface area contributed by atoms with Crippen molar-refractivity contribution in [2.45, 2.75) is 16.7 Å². The molecule has 0 unspecified atom stereocenters. The van der Waals surface area contributed by atoms with Gasteiger partial charge in [-0.15, -0.1) is 0 Å². The molecule has 0 aromatic heterocycles. The van der Waals surface area contributed by atoms with E-state index in [1.807, 2.05) is 85.8 Å². The normalized spacial score (nSPS) is 10.8. The molecule has 0 aliphatic heterocycles. The maximum Gasteiger partial charge on any atom is 0.0313 e. The van der Waals surface area contributed by atoms with Gasteiger partial charge in [-0.25, -0.2) is 12.1 Å². The minimum Gasteiger partial charge on any atom is -0.748 e. The van der Waals surface area contributed by atoms with Crippen molar-refractivity contribution >= 4 is 10.8 Å². The molecular formula is C17H16FeOS-6. The van der Waals surface area contributed by atoms with Crippen LogP contribution in [0.4, 0.5) is 0 Å². The molecule has 3 rings (SSSR count). The van der Waals surface area contributed by atoms with Crippen molar-refractivity contribution in [3.8, 4) is 0 Å². The van der Waals surface area contributed by atoms with E-state index in [0.29, 0.717) is 0 Å². The standard InChI is InChI=1S/C12H11OS.C5H5.Fe/c1-10-6-8-12(9-7-10)14(13)11-4-2-3-5-11;1-2-4-5-3-1;/h2-9H,1H3;1-5H;/q-1;-5;/t14-;;/m1../s1. The molecule has 3 aromatic rings. The van der Waals surface area contributed by atoms with E-state index < -0.39 is 10.8 Å². The zero-order valence-electron chi connectivity index (χ0n) is 11.2. The van der Waals surface area contributed by atoms with Crippen LogP contribution in [-0.2, 0) is 27.9 Å². The fraction of sp³-hybridized carbons (Fsp3) is 0.0588. The summed E-state index contributed by atoms with van der Waals surface area (Å²) in [4.78, 5) is 1.73. The first kappa shape index (κ1) is 16.6. The molecule has 20 heavy (non-hydrogen) atoms. The second kappa shape index (κ2) is 8.70. The zero-order chi connectivity index (χ0) is 13.5. The molecule has 0 radical (unpaired) electrons. The van der Waals surface area contributed by atoms with Crippen LogP contribution in [0, 0.1) is 6.92 Å². The summed E-state index contributed by atoms with van der Waals surface area (Å²) in [6, 6.07) is 25.4. The molecule has 110 valence electrons. The first-order chi connectivity index (χ1) is 9.27. The fourth-order valence-electron chi connectivity index (χ4n) is 1.60.